The van der Waals surface area contributed by atoms with Gasteiger partial charge >= 0.3 is 46.9 Å². The molecule has 0 radical (unpaired) electrons. The van der Waals surface area contributed by atoms with Crippen molar-refractivity contribution < 1.29 is 133 Å². The van der Waals surface area contributed by atoms with Crippen molar-refractivity contribution in [1.29, 1.82) is 0 Å². The third kappa shape index (κ3) is 60.5. The molecule has 0 aromatic rings. The Morgan fingerprint density at radius 3 is 0.769 bits per heavy atom. The number of ether oxygens (including phenoxy) is 2. The van der Waals surface area contributed by atoms with Crippen LogP contribution in [0.3, 0.4) is 0 Å². The van der Waals surface area contributed by atoms with Crippen molar-refractivity contribution in [2.45, 2.75) is 251 Å². The molecule has 6 unspecified atom stereocenters. The molecule has 0 aromatic carbocycles. The molecule has 548 valence electrons. The van der Waals surface area contributed by atoms with E-state index in [-0.39, 0.29) is 109 Å². The number of hydrogen-bond acceptors (Lipinski definition) is 17. The summed E-state index contributed by atoms with van der Waals surface area (Å²) in [6.07, 6.45) is 27.2. The van der Waals surface area contributed by atoms with Crippen molar-refractivity contribution in [1.82, 2.24) is 0 Å². The second-order valence-corrected chi connectivity index (χ2v) is 32.3. The van der Waals surface area contributed by atoms with E-state index in [1.807, 2.05) is 48.5 Å². The van der Waals surface area contributed by atoms with Crippen molar-refractivity contribution in [2.24, 2.45) is 40.9 Å². The molecule has 10 N–H and O–H groups in total. The minimum absolute atomic E-state index is 0. The van der Waals surface area contributed by atoms with E-state index in [1.165, 1.54) is 0 Å². The van der Waals surface area contributed by atoms with Gasteiger partial charge in [-0.15, -0.1) is 13.2 Å². The number of phosphoric acid groups is 5. The minimum Gasteiger partial charge on any atom is -0.396 e. The first kappa shape index (κ1) is 101. The van der Waals surface area contributed by atoms with Crippen LogP contribution in [0.5, 0.6) is 0 Å². The summed E-state index contributed by atoms with van der Waals surface area (Å²) < 4.78 is 126. The molecule has 0 rings (SSSR count). The van der Waals surface area contributed by atoms with Gasteiger partial charge in [0.25, 0.3) is 0 Å². The van der Waals surface area contributed by atoms with Crippen LogP contribution < -0.4 is 0 Å². The number of rotatable bonds is 58. The Balaban J connectivity index is -0.000000366. The van der Waals surface area contributed by atoms with E-state index < -0.39 is 46.9 Å². The summed E-state index contributed by atoms with van der Waals surface area (Å²) in [5, 5.41) is 9.36. The predicted octanol–water partition coefficient (Wildman–Crippen LogP) is 18.2. The molecule has 0 bridgehead atoms. The van der Waals surface area contributed by atoms with Crippen molar-refractivity contribution in [3.8, 4) is 0 Å². The average molecular weight is 1470 g/mol. The largest absolute Gasteiger partial charge is 0.973 e. The predicted molar refractivity (Wildman–Crippen MR) is 364 cm³/mol. The van der Waals surface area contributed by atoms with E-state index in [2.05, 4.69) is 63.3 Å². The van der Waals surface area contributed by atoms with E-state index in [0.29, 0.717) is 26.4 Å². The van der Waals surface area contributed by atoms with Crippen LogP contribution in [-0.2, 0) is 94.1 Å². The number of unbranched alkanes of at least 4 members (excludes halogenated alkanes) is 6. The van der Waals surface area contributed by atoms with Gasteiger partial charge in [-0.05, 0) is 84.8 Å². The van der Waals surface area contributed by atoms with Crippen LogP contribution in [0.4, 0.5) is 0 Å². The molecule has 6 atom stereocenters. The average Bonchev–Trinajstić information content (AvgIpc) is 2.12. The third-order valence-corrected chi connectivity index (χ3v) is 22.9. The quantitative estimate of drug-likeness (QED) is 0.0124. The molecule has 0 aliphatic carbocycles. The Labute approximate surface area is 566 Å². The molecule has 0 heterocycles. The van der Waals surface area contributed by atoms with Gasteiger partial charge < -0.3 is 34.2 Å². The standard InChI is InChI=1S/3C16H36O7P2.C12H22O3.Ti/c3*1-5-9-11-15(7-3)13-21-25(20,23-24(17,18)19)22-14-16(8-4)12-10-6-2;1-4-7-14-10-12(6-3,9-13)11-15-8-5-2;/h3*15-16H,5-14H2,1-4H3,(H2,17,18,19);4-5,13H,1-2,6-11H2,3H3;/p+3. The smallest absolute Gasteiger partial charge is 0.396 e. The topological polar surface area (TPSA) is 355 Å². The van der Waals surface area contributed by atoms with E-state index in [4.69, 9.17) is 70.3 Å². The van der Waals surface area contributed by atoms with Gasteiger partial charge in [-0.25, -0.2) is 22.8 Å². The van der Waals surface area contributed by atoms with Crippen LogP contribution in [0, 0.1) is 40.9 Å². The summed E-state index contributed by atoms with van der Waals surface area (Å²) in [7, 11) is -26.9. The van der Waals surface area contributed by atoms with Crippen molar-refractivity contribution in [2.75, 3.05) is 72.7 Å². The first-order valence-corrected chi connectivity index (χ1v) is 42.4. The zero-order valence-corrected chi connectivity index (χ0v) is 65.3. The molecule has 0 saturated heterocycles. The summed E-state index contributed by atoms with van der Waals surface area (Å²) in [5.41, 5.74) is -0.300. The zero-order valence-electron chi connectivity index (χ0n) is 58.4. The minimum atomic E-state index is -4.98. The molecule has 91 heavy (non-hydrogen) atoms. The maximum absolute atomic E-state index is 12.8. The molecular weight excluding hydrogens is 1340 g/mol. The summed E-state index contributed by atoms with van der Waals surface area (Å²) in [5.74, 6) is 1.04. The molecule has 24 nitrogen and oxygen atoms in total. The number of phosphoric ester groups is 3. The Bertz CT molecular complexity index is 1720. The Morgan fingerprint density at radius 2 is 0.626 bits per heavy atom. The Morgan fingerprint density at radius 1 is 0.418 bits per heavy atom. The van der Waals surface area contributed by atoms with Crippen LogP contribution in [0.1, 0.15) is 251 Å². The van der Waals surface area contributed by atoms with Crippen LogP contribution in [0.2, 0.25) is 0 Å². The fraction of sp³-hybridized carbons (Fsp3) is 0.933. The molecular formula is C60H133O24P6Ti+3. The number of aliphatic hydroxyl groups excluding tert-OH is 1. The maximum atomic E-state index is 12.8. The van der Waals surface area contributed by atoms with E-state index in [1.54, 1.807) is 12.2 Å². The second-order valence-electron chi connectivity index (χ2n) is 23.0. The number of hydrogen-bond donors (Lipinski definition) is 5. The summed E-state index contributed by atoms with van der Waals surface area (Å²) in [6, 6.07) is 0. The normalized spacial score (nSPS) is 16.0. The Hall–Kier alpha value is 0.854. The molecule has 0 aliphatic rings. The van der Waals surface area contributed by atoms with Gasteiger partial charge in [0.05, 0.1) is 72.7 Å². The van der Waals surface area contributed by atoms with Gasteiger partial charge in [0.15, 0.2) is 0 Å². The van der Waals surface area contributed by atoms with Crippen molar-refractivity contribution >= 4 is 46.9 Å². The second kappa shape index (κ2) is 60.8. The van der Waals surface area contributed by atoms with Crippen LogP contribution in [0.25, 0.3) is 0 Å². The van der Waals surface area contributed by atoms with Gasteiger partial charge in [-0.2, -0.15) is 13.2 Å². The molecule has 0 aliphatic heterocycles. The van der Waals surface area contributed by atoms with Gasteiger partial charge in [-0.1, -0.05) is 218 Å². The van der Waals surface area contributed by atoms with Crippen LogP contribution in [0.15, 0.2) is 25.3 Å². The first-order valence-electron chi connectivity index (χ1n) is 33.3. The molecule has 0 aromatic heterocycles. The summed E-state index contributed by atoms with van der Waals surface area (Å²) in [6.45, 7) is 36.6. The SMILES string of the molecule is C=CCOCC(CC)(CO)COCC=C.CCCCC(CC)COP(=O)(OCC(CC)CCCC)OP(=O)(O)O.CCCCC(CC)COP(=O)(OCC(CC)CCCC)OP(=O)(O)O.CCCCC(CC)COP(=O)(OCC(CC)CCCC)OP(=[OH+])([OH2+])[OH2+].[Ti]. The summed E-state index contributed by atoms with van der Waals surface area (Å²) >= 11 is 0. The van der Waals surface area contributed by atoms with Gasteiger partial charge in [0.2, 0.25) is 0 Å². The van der Waals surface area contributed by atoms with Crippen LogP contribution in [-0.4, -0.2) is 112 Å². The monoisotopic (exact) mass is 1470 g/mol. The van der Waals surface area contributed by atoms with E-state index in [0.717, 1.165) is 161 Å². The van der Waals surface area contributed by atoms with E-state index in [9.17, 15) is 32.5 Å². The van der Waals surface area contributed by atoms with Gasteiger partial charge in [0.1, 0.15) is 0 Å². The first-order chi connectivity index (χ1) is 42.3. The third-order valence-electron chi connectivity index (χ3n) is 15.1. The molecule has 0 spiro atoms. The number of aliphatic hydroxyl groups is 1. The fourth-order valence-corrected chi connectivity index (χ4v) is 15.4. The van der Waals surface area contributed by atoms with Gasteiger partial charge in [-0.3, -0.25) is 36.9 Å². The Kier molecular flexibility index (Phi) is 67.1. The van der Waals surface area contributed by atoms with Gasteiger partial charge in [0, 0.05) is 27.1 Å². The zero-order chi connectivity index (χ0) is 69.6. The van der Waals surface area contributed by atoms with Crippen molar-refractivity contribution in [3.05, 3.63) is 25.3 Å². The molecule has 0 fully saturated rings. The maximum Gasteiger partial charge on any atom is 0.973 e. The summed E-state index contributed by atoms with van der Waals surface area (Å²) in [4.78, 5) is 50.6. The molecule has 31 heteroatoms. The van der Waals surface area contributed by atoms with Crippen LogP contribution >= 0.6 is 46.9 Å². The van der Waals surface area contributed by atoms with Crippen molar-refractivity contribution in [3.63, 3.8) is 0 Å². The van der Waals surface area contributed by atoms with E-state index >= 15 is 0 Å². The molecule has 0 saturated carbocycles. The fourth-order valence-electron chi connectivity index (χ4n) is 8.39. The molecule has 0 amide bonds.